The number of fused-ring (bicyclic) bond motifs is 1. The van der Waals surface area contributed by atoms with E-state index < -0.39 is 0 Å². The summed E-state index contributed by atoms with van der Waals surface area (Å²) in [5, 5.41) is 10.7. The molecule has 0 radical (unpaired) electrons. The van der Waals surface area contributed by atoms with Crippen LogP contribution in [-0.4, -0.2) is 39.1 Å². The first-order chi connectivity index (χ1) is 13.2. The first-order valence-corrected chi connectivity index (χ1v) is 8.74. The number of ether oxygens (including phenoxy) is 3. The summed E-state index contributed by atoms with van der Waals surface area (Å²) in [6.45, 7) is 2.80. The quantitative estimate of drug-likeness (QED) is 0.691. The Morgan fingerprint density at radius 1 is 1.00 bits per heavy atom. The SMILES string of the molecule is CCOc1ccc2oc(-c3ccc(OC)c(OC)c3)cc(=NCCO)c2c1. The standard InChI is InChI=1S/C21H23NO5/c1-4-26-15-6-8-18-16(12-15)17(22-9-10-23)13-20(27-18)14-5-7-19(24-2)21(11-14)25-3/h5-8,11-13,23H,4,9-10H2,1-3H3. The molecule has 0 fully saturated rings. The molecule has 142 valence electrons. The molecule has 6 heteroatoms. The first-order valence-electron chi connectivity index (χ1n) is 8.74. The number of rotatable bonds is 7. The summed E-state index contributed by atoms with van der Waals surface area (Å²) in [5.74, 6) is 2.66. The lowest BCUT2D eigenvalue weighted by molar-refractivity contribution is 0.306. The van der Waals surface area contributed by atoms with Gasteiger partial charge in [0.15, 0.2) is 11.5 Å². The van der Waals surface area contributed by atoms with Crippen molar-refractivity contribution in [2.24, 2.45) is 4.99 Å². The molecule has 6 nitrogen and oxygen atoms in total. The predicted molar refractivity (Wildman–Crippen MR) is 103 cm³/mol. The number of benzene rings is 2. The van der Waals surface area contributed by atoms with Gasteiger partial charge >= 0.3 is 0 Å². The van der Waals surface area contributed by atoms with Crippen molar-refractivity contribution in [2.45, 2.75) is 6.92 Å². The van der Waals surface area contributed by atoms with E-state index in [0.717, 1.165) is 22.1 Å². The normalized spacial score (nSPS) is 11.6. The summed E-state index contributed by atoms with van der Waals surface area (Å²) in [6, 6.07) is 13.1. The molecule has 0 aliphatic heterocycles. The Bertz CT molecular complexity index is 994. The van der Waals surface area contributed by atoms with Crippen LogP contribution in [0, 0.1) is 0 Å². The number of hydrogen-bond donors (Lipinski definition) is 1. The van der Waals surface area contributed by atoms with Gasteiger partial charge in [0.25, 0.3) is 0 Å². The Kier molecular flexibility index (Phi) is 5.98. The van der Waals surface area contributed by atoms with Crippen LogP contribution in [0.2, 0.25) is 0 Å². The highest BCUT2D eigenvalue weighted by atomic mass is 16.5. The molecule has 1 heterocycles. The zero-order chi connectivity index (χ0) is 19.2. The summed E-state index contributed by atoms with van der Waals surface area (Å²) in [5.41, 5.74) is 1.52. The molecule has 3 rings (SSSR count). The predicted octanol–water partition coefficient (Wildman–Crippen LogP) is 3.41. The van der Waals surface area contributed by atoms with Gasteiger partial charge in [-0.3, -0.25) is 4.99 Å². The monoisotopic (exact) mass is 369 g/mol. The molecule has 27 heavy (non-hydrogen) atoms. The molecule has 0 spiro atoms. The Balaban J connectivity index is 2.18. The van der Waals surface area contributed by atoms with E-state index in [4.69, 9.17) is 18.6 Å². The van der Waals surface area contributed by atoms with Crippen molar-refractivity contribution in [3.63, 3.8) is 0 Å². The fourth-order valence-electron chi connectivity index (χ4n) is 2.84. The zero-order valence-electron chi connectivity index (χ0n) is 15.7. The van der Waals surface area contributed by atoms with Gasteiger partial charge in [0, 0.05) is 17.0 Å². The van der Waals surface area contributed by atoms with Crippen LogP contribution >= 0.6 is 0 Å². The zero-order valence-corrected chi connectivity index (χ0v) is 15.7. The van der Waals surface area contributed by atoms with Crippen molar-refractivity contribution < 1.29 is 23.7 Å². The van der Waals surface area contributed by atoms with Gasteiger partial charge in [0.2, 0.25) is 0 Å². The average molecular weight is 369 g/mol. The average Bonchev–Trinajstić information content (AvgIpc) is 2.71. The number of methoxy groups -OCH3 is 2. The maximum absolute atomic E-state index is 9.18. The van der Waals surface area contributed by atoms with Crippen molar-refractivity contribution in [1.82, 2.24) is 0 Å². The third kappa shape index (κ3) is 4.06. The van der Waals surface area contributed by atoms with Gasteiger partial charge in [-0.2, -0.15) is 0 Å². The maximum atomic E-state index is 9.18. The van der Waals surface area contributed by atoms with Crippen LogP contribution in [0.1, 0.15) is 6.92 Å². The third-order valence-electron chi connectivity index (χ3n) is 4.08. The summed E-state index contributed by atoms with van der Waals surface area (Å²) < 4.78 is 22.4. The smallest absolute Gasteiger partial charge is 0.161 e. The van der Waals surface area contributed by atoms with Crippen LogP contribution in [0.5, 0.6) is 17.2 Å². The molecule has 3 aromatic rings. The second-order valence-electron chi connectivity index (χ2n) is 5.76. The highest BCUT2D eigenvalue weighted by Crippen LogP contribution is 2.33. The molecular weight excluding hydrogens is 346 g/mol. The van der Waals surface area contributed by atoms with E-state index in [2.05, 4.69) is 4.99 Å². The molecule has 0 saturated heterocycles. The van der Waals surface area contributed by atoms with Gasteiger partial charge in [0.1, 0.15) is 17.1 Å². The van der Waals surface area contributed by atoms with Crippen LogP contribution < -0.4 is 19.6 Å². The van der Waals surface area contributed by atoms with Gasteiger partial charge in [-0.25, -0.2) is 0 Å². The highest BCUT2D eigenvalue weighted by molar-refractivity contribution is 5.80. The summed E-state index contributed by atoms with van der Waals surface area (Å²) >= 11 is 0. The van der Waals surface area contributed by atoms with E-state index in [-0.39, 0.29) is 6.61 Å². The lowest BCUT2D eigenvalue weighted by atomic mass is 10.1. The Morgan fingerprint density at radius 2 is 1.81 bits per heavy atom. The number of hydrogen-bond acceptors (Lipinski definition) is 6. The Labute approximate surface area is 157 Å². The molecule has 1 aromatic heterocycles. The minimum absolute atomic E-state index is 0.0234. The fraction of sp³-hybridized carbons (Fsp3) is 0.286. The first kappa shape index (κ1) is 18.8. The molecule has 0 aliphatic carbocycles. The van der Waals surface area contributed by atoms with Gasteiger partial charge in [-0.05, 0) is 43.3 Å². The van der Waals surface area contributed by atoms with Gasteiger partial charge < -0.3 is 23.7 Å². The van der Waals surface area contributed by atoms with Crippen LogP contribution in [0.25, 0.3) is 22.3 Å². The van der Waals surface area contributed by atoms with Crippen molar-refractivity contribution in [2.75, 3.05) is 34.0 Å². The second kappa shape index (κ2) is 8.60. The maximum Gasteiger partial charge on any atom is 0.161 e. The molecular formula is C21H23NO5. The number of aliphatic hydroxyl groups excluding tert-OH is 1. The highest BCUT2D eigenvalue weighted by Gasteiger charge is 2.11. The van der Waals surface area contributed by atoms with Crippen molar-refractivity contribution in [3.05, 3.63) is 47.8 Å². The van der Waals surface area contributed by atoms with E-state index in [1.54, 1.807) is 14.2 Å². The van der Waals surface area contributed by atoms with E-state index in [0.29, 0.717) is 36.0 Å². The Hall–Kier alpha value is -2.99. The van der Waals surface area contributed by atoms with Crippen molar-refractivity contribution in [1.29, 1.82) is 0 Å². The fourth-order valence-corrected chi connectivity index (χ4v) is 2.84. The van der Waals surface area contributed by atoms with Crippen molar-refractivity contribution in [3.8, 4) is 28.6 Å². The molecule has 2 aromatic carbocycles. The molecule has 1 N–H and O–H groups in total. The van der Waals surface area contributed by atoms with Gasteiger partial charge in [0.05, 0.1) is 39.3 Å². The molecule has 0 aliphatic rings. The molecule has 0 bridgehead atoms. The second-order valence-corrected chi connectivity index (χ2v) is 5.76. The summed E-state index contributed by atoms with van der Waals surface area (Å²) in [7, 11) is 3.19. The molecule has 0 amide bonds. The van der Waals surface area contributed by atoms with Crippen LogP contribution in [0.4, 0.5) is 0 Å². The van der Waals surface area contributed by atoms with Crippen molar-refractivity contribution >= 4 is 11.0 Å². The molecule has 0 saturated carbocycles. The number of aliphatic hydroxyl groups is 1. The lowest BCUT2D eigenvalue weighted by Crippen LogP contribution is -2.07. The van der Waals surface area contributed by atoms with Gasteiger partial charge in [-0.15, -0.1) is 0 Å². The van der Waals surface area contributed by atoms with E-state index in [9.17, 15) is 5.11 Å². The van der Waals surface area contributed by atoms with E-state index in [1.807, 2.05) is 49.4 Å². The van der Waals surface area contributed by atoms with Crippen LogP contribution in [0.3, 0.4) is 0 Å². The molecule has 0 atom stereocenters. The largest absolute Gasteiger partial charge is 0.494 e. The topological polar surface area (TPSA) is 73.4 Å². The minimum Gasteiger partial charge on any atom is -0.494 e. The minimum atomic E-state index is -0.0234. The van der Waals surface area contributed by atoms with E-state index in [1.165, 1.54) is 0 Å². The summed E-state index contributed by atoms with van der Waals surface area (Å²) in [6.07, 6.45) is 0. The summed E-state index contributed by atoms with van der Waals surface area (Å²) in [4.78, 5) is 4.50. The Morgan fingerprint density at radius 3 is 2.52 bits per heavy atom. The lowest BCUT2D eigenvalue weighted by Gasteiger charge is -2.10. The van der Waals surface area contributed by atoms with Crippen LogP contribution in [-0.2, 0) is 0 Å². The van der Waals surface area contributed by atoms with Crippen LogP contribution in [0.15, 0.2) is 51.9 Å². The molecule has 0 unspecified atom stereocenters. The number of nitrogens with zero attached hydrogens (tertiary/aromatic N) is 1. The van der Waals surface area contributed by atoms with E-state index >= 15 is 0 Å². The third-order valence-corrected chi connectivity index (χ3v) is 4.08. The van der Waals surface area contributed by atoms with Gasteiger partial charge in [-0.1, -0.05) is 0 Å².